The van der Waals surface area contributed by atoms with Gasteiger partial charge in [-0.3, -0.25) is 0 Å². The fourth-order valence-corrected chi connectivity index (χ4v) is 2.68. The van der Waals surface area contributed by atoms with E-state index in [0.717, 1.165) is 9.90 Å². The smallest absolute Gasteiger partial charge is 0.178 e. The van der Waals surface area contributed by atoms with Crippen molar-refractivity contribution >= 4 is 23.1 Å². The Morgan fingerprint density at radius 3 is 3.00 bits per heavy atom. The largest absolute Gasteiger partial charge is 0.326 e. The minimum atomic E-state index is -0.266. The summed E-state index contributed by atoms with van der Waals surface area (Å²) in [5.74, 6) is -0.266. The summed E-state index contributed by atoms with van der Waals surface area (Å²) < 4.78 is 14.2. The average Bonchev–Trinajstić information content (AvgIpc) is 2.74. The molecule has 0 fully saturated rings. The highest BCUT2D eigenvalue weighted by atomic mass is 32.2. The highest BCUT2D eigenvalue weighted by Crippen LogP contribution is 2.33. The molecule has 0 radical (unpaired) electrons. The molecule has 0 aliphatic carbocycles. The Morgan fingerprint density at radius 2 is 2.33 bits per heavy atom. The molecule has 0 aliphatic rings. The second-order valence-corrected chi connectivity index (χ2v) is 4.83. The fourth-order valence-electron chi connectivity index (χ4n) is 1.12. The van der Waals surface area contributed by atoms with Gasteiger partial charge in [0.1, 0.15) is 11.3 Å². The standard InChI is InChI=1S/C9H8FN3S2/c10-7-3-1-2-6(4-11)8(7)15-9-13-12-5-14-9/h1-3,5H,4,11H2. The van der Waals surface area contributed by atoms with Gasteiger partial charge in [-0.2, -0.15) is 0 Å². The van der Waals surface area contributed by atoms with Gasteiger partial charge < -0.3 is 5.73 Å². The molecule has 15 heavy (non-hydrogen) atoms. The van der Waals surface area contributed by atoms with Crippen molar-refractivity contribution in [2.75, 3.05) is 0 Å². The molecule has 3 nitrogen and oxygen atoms in total. The molecule has 2 N–H and O–H groups in total. The second-order valence-electron chi connectivity index (χ2n) is 2.74. The summed E-state index contributed by atoms with van der Waals surface area (Å²) in [5.41, 5.74) is 7.94. The number of halogens is 1. The van der Waals surface area contributed by atoms with Crippen molar-refractivity contribution in [1.82, 2.24) is 10.2 Å². The molecule has 0 bridgehead atoms. The summed E-state index contributed by atoms with van der Waals surface area (Å²) >= 11 is 2.64. The lowest BCUT2D eigenvalue weighted by atomic mass is 10.2. The van der Waals surface area contributed by atoms with Crippen LogP contribution in [0.25, 0.3) is 0 Å². The van der Waals surface area contributed by atoms with Crippen molar-refractivity contribution in [2.45, 2.75) is 15.8 Å². The van der Waals surface area contributed by atoms with E-state index >= 15 is 0 Å². The highest BCUT2D eigenvalue weighted by Gasteiger charge is 2.10. The van der Waals surface area contributed by atoms with Crippen LogP contribution in [0.15, 0.2) is 32.9 Å². The van der Waals surface area contributed by atoms with E-state index in [4.69, 9.17) is 5.73 Å². The SMILES string of the molecule is NCc1cccc(F)c1Sc1nncs1. The number of rotatable bonds is 3. The number of nitrogens with two attached hydrogens (primary N) is 1. The zero-order valence-corrected chi connectivity index (χ0v) is 9.32. The third kappa shape index (κ3) is 2.34. The van der Waals surface area contributed by atoms with Gasteiger partial charge in [0, 0.05) is 6.54 Å². The summed E-state index contributed by atoms with van der Waals surface area (Å²) in [6.07, 6.45) is 0. The molecular weight excluding hydrogens is 233 g/mol. The first kappa shape index (κ1) is 10.5. The van der Waals surface area contributed by atoms with Crippen molar-refractivity contribution in [2.24, 2.45) is 5.73 Å². The van der Waals surface area contributed by atoms with E-state index in [-0.39, 0.29) is 5.82 Å². The van der Waals surface area contributed by atoms with Crippen molar-refractivity contribution in [3.05, 3.63) is 35.1 Å². The lowest BCUT2D eigenvalue weighted by Crippen LogP contribution is -1.99. The summed E-state index contributed by atoms with van der Waals surface area (Å²) in [5, 5.41) is 7.55. The third-order valence-electron chi connectivity index (χ3n) is 1.80. The lowest BCUT2D eigenvalue weighted by Gasteiger charge is -2.05. The molecular formula is C9H8FN3S2. The summed E-state index contributed by atoms with van der Waals surface area (Å²) in [6, 6.07) is 4.89. The molecule has 0 amide bonds. The first-order chi connectivity index (χ1) is 7.31. The Morgan fingerprint density at radius 1 is 1.47 bits per heavy atom. The van der Waals surface area contributed by atoms with Gasteiger partial charge >= 0.3 is 0 Å². The molecule has 1 aromatic heterocycles. The van der Waals surface area contributed by atoms with Crippen LogP contribution in [0, 0.1) is 5.82 Å². The van der Waals surface area contributed by atoms with E-state index in [1.165, 1.54) is 29.2 Å². The van der Waals surface area contributed by atoms with Crippen LogP contribution in [0.4, 0.5) is 4.39 Å². The first-order valence-corrected chi connectivity index (χ1v) is 5.92. The van der Waals surface area contributed by atoms with Gasteiger partial charge in [0.25, 0.3) is 0 Å². The van der Waals surface area contributed by atoms with E-state index in [1.807, 2.05) is 6.07 Å². The van der Waals surface area contributed by atoms with Crippen LogP contribution in [0.1, 0.15) is 5.56 Å². The normalized spacial score (nSPS) is 10.5. The predicted molar refractivity (Wildman–Crippen MR) is 58.3 cm³/mol. The minimum Gasteiger partial charge on any atom is -0.326 e. The van der Waals surface area contributed by atoms with E-state index in [1.54, 1.807) is 11.6 Å². The maximum Gasteiger partial charge on any atom is 0.178 e. The molecule has 0 saturated carbocycles. The Hall–Kier alpha value is -0.980. The molecule has 1 heterocycles. The minimum absolute atomic E-state index is 0.266. The predicted octanol–water partition coefficient (Wildman–Crippen LogP) is 2.29. The Kier molecular flexibility index (Phi) is 3.30. The van der Waals surface area contributed by atoms with Crippen LogP contribution in [0.3, 0.4) is 0 Å². The lowest BCUT2D eigenvalue weighted by molar-refractivity contribution is 0.597. The maximum absolute atomic E-state index is 13.5. The van der Waals surface area contributed by atoms with Crippen LogP contribution >= 0.6 is 23.1 Å². The van der Waals surface area contributed by atoms with Gasteiger partial charge in [0.2, 0.25) is 0 Å². The van der Waals surface area contributed by atoms with Crippen LogP contribution in [0.5, 0.6) is 0 Å². The van der Waals surface area contributed by atoms with E-state index in [2.05, 4.69) is 10.2 Å². The maximum atomic E-state index is 13.5. The van der Waals surface area contributed by atoms with Crippen molar-refractivity contribution in [1.29, 1.82) is 0 Å². The van der Waals surface area contributed by atoms with Crippen molar-refractivity contribution < 1.29 is 4.39 Å². The fraction of sp³-hybridized carbons (Fsp3) is 0.111. The summed E-state index contributed by atoms with van der Waals surface area (Å²) in [7, 11) is 0. The Labute approximate surface area is 94.5 Å². The summed E-state index contributed by atoms with van der Waals surface area (Å²) in [6.45, 7) is 0.318. The number of hydrogen-bond donors (Lipinski definition) is 1. The van der Waals surface area contributed by atoms with Gasteiger partial charge in [0.05, 0.1) is 4.90 Å². The van der Waals surface area contributed by atoms with Gasteiger partial charge in [-0.05, 0) is 11.6 Å². The Bertz CT molecular complexity index is 445. The molecule has 0 saturated heterocycles. The molecule has 0 spiro atoms. The first-order valence-electron chi connectivity index (χ1n) is 4.22. The molecule has 0 unspecified atom stereocenters. The quantitative estimate of drug-likeness (QED) is 0.895. The molecule has 0 atom stereocenters. The highest BCUT2D eigenvalue weighted by molar-refractivity contribution is 8.01. The van der Waals surface area contributed by atoms with Crippen LogP contribution < -0.4 is 5.73 Å². The van der Waals surface area contributed by atoms with E-state index < -0.39 is 0 Å². The molecule has 2 rings (SSSR count). The zero-order valence-electron chi connectivity index (χ0n) is 7.68. The van der Waals surface area contributed by atoms with Gasteiger partial charge in [-0.1, -0.05) is 35.2 Å². The number of hydrogen-bond acceptors (Lipinski definition) is 5. The summed E-state index contributed by atoms with van der Waals surface area (Å²) in [4.78, 5) is 0.539. The number of aromatic nitrogens is 2. The van der Waals surface area contributed by atoms with Crippen LogP contribution in [-0.4, -0.2) is 10.2 Å². The Balaban J connectivity index is 2.34. The topological polar surface area (TPSA) is 51.8 Å². The second kappa shape index (κ2) is 4.69. The molecule has 0 aliphatic heterocycles. The van der Waals surface area contributed by atoms with E-state index in [0.29, 0.717) is 11.4 Å². The third-order valence-corrected chi connectivity index (χ3v) is 3.74. The molecule has 6 heteroatoms. The number of benzene rings is 1. The van der Waals surface area contributed by atoms with Gasteiger partial charge in [-0.25, -0.2) is 4.39 Å². The monoisotopic (exact) mass is 241 g/mol. The zero-order chi connectivity index (χ0) is 10.7. The van der Waals surface area contributed by atoms with Gasteiger partial charge in [0.15, 0.2) is 4.34 Å². The number of nitrogens with zero attached hydrogens (tertiary/aromatic N) is 2. The van der Waals surface area contributed by atoms with Crippen molar-refractivity contribution in [3.63, 3.8) is 0 Å². The van der Waals surface area contributed by atoms with Crippen molar-refractivity contribution in [3.8, 4) is 0 Å². The van der Waals surface area contributed by atoms with Gasteiger partial charge in [-0.15, -0.1) is 10.2 Å². The molecule has 1 aromatic carbocycles. The van der Waals surface area contributed by atoms with Crippen LogP contribution in [-0.2, 0) is 6.54 Å². The molecule has 78 valence electrons. The average molecular weight is 241 g/mol. The van der Waals surface area contributed by atoms with E-state index in [9.17, 15) is 4.39 Å². The van der Waals surface area contributed by atoms with Crippen LogP contribution in [0.2, 0.25) is 0 Å². The molecule has 2 aromatic rings.